The number of carbonyl (C=O) groups is 1. The van der Waals surface area contributed by atoms with Crippen LogP contribution in [0.5, 0.6) is 17.2 Å². The lowest BCUT2D eigenvalue weighted by Crippen LogP contribution is -2.09. The topological polar surface area (TPSA) is 124 Å². The van der Waals surface area contributed by atoms with Gasteiger partial charge in [-0.1, -0.05) is 0 Å². The van der Waals surface area contributed by atoms with Gasteiger partial charge in [0.1, 0.15) is 11.4 Å². The summed E-state index contributed by atoms with van der Waals surface area (Å²) in [7, 11) is 1.43. The Hall–Kier alpha value is -4.27. The first-order chi connectivity index (χ1) is 14.0. The molecular weight excluding hydrogens is 378 g/mol. The predicted molar refractivity (Wildman–Crippen MR) is 104 cm³/mol. The minimum absolute atomic E-state index is 0.169. The van der Waals surface area contributed by atoms with Crippen molar-refractivity contribution >= 4 is 23.6 Å². The third-order valence-electron chi connectivity index (χ3n) is 3.83. The first kappa shape index (κ1) is 19.5. The zero-order chi connectivity index (χ0) is 20.8. The first-order valence-electron chi connectivity index (χ1n) is 8.29. The number of hydrogen-bond donors (Lipinski definition) is 1. The fourth-order valence-electron chi connectivity index (χ4n) is 2.37. The van der Waals surface area contributed by atoms with Gasteiger partial charge in [0.05, 0.1) is 23.7 Å². The minimum Gasteiger partial charge on any atom is -0.505 e. The number of methoxy groups -OCH3 is 1. The molecule has 0 aliphatic carbocycles. The van der Waals surface area contributed by atoms with Crippen molar-refractivity contribution in [3.8, 4) is 17.2 Å². The summed E-state index contributed by atoms with van der Waals surface area (Å²) in [5.74, 6) is -0.331. The van der Waals surface area contributed by atoms with Gasteiger partial charge < -0.3 is 14.6 Å². The highest BCUT2D eigenvalue weighted by atomic mass is 16.6. The van der Waals surface area contributed by atoms with Crippen molar-refractivity contribution in [3.05, 3.63) is 82.2 Å². The summed E-state index contributed by atoms with van der Waals surface area (Å²) in [6.45, 7) is 0. The number of aromatic hydroxyl groups is 1. The third-order valence-corrected chi connectivity index (χ3v) is 3.83. The van der Waals surface area contributed by atoms with Crippen LogP contribution in [-0.4, -0.2) is 34.3 Å². The number of non-ortho nitro benzene ring substituents is 1. The molecule has 2 aromatic carbocycles. The number of nitro benzene ring substituents is 1. The van der Waals surface area contributed by atoms with Crippen LogP contribution in [0.3, 0.4) is 0 Å². The highest BCUT2D eigenvalue weighted by molar-refractivity contribution is 5.91. The molecular formula is C20H15N3O6. The van der Waals surface area contributed by atoms with Crippen LogP contribution in [0, 0.1) is 10.1 Å². The number of nitro groups is 1. The van der Waals surface area contributed by atoms with Crippen LogP contribution < -0.4 is 9.47 Å². The molecule has 0 radical (unpaired) electrons. The van der Waals surface area contributed by atoms with E-state index in [1.165, 1.54) is 50.0 Å². The summed E-state index contributed by atoms with van der Waals surface area (Å²) in [5.41, 5.74) is 0.885. The standard InChI is InChI=1S/C20H15N3O6/c1-28-19-10-13(12-22-16-4-3-15(23(26)27)11-17(16)24)2-5-18(19)29-20(25)14-6-8-21-9-7-14/h2-12,24H,1H3. The molecule has 3 rings (SSSR count). The van der Waals surface area contributed by atoms with Gasteiger partial charge in [-0.15, -0.1) is 0 Å². The van der Waals surface area contributed by atoms with Crippen LogP contribution in [0.2, 0.25) is 0 Å². The summed E-state index contributed by atoms with van der Waals surface area (Å²) in [4.78, 5) is 30.3. The largest absolute Gasteiger partial charge is 0.505 e. The quantitative estimate of drug-likeness (QED) is 0.223. The smallest absolute Gasteiger partial charge is 0.343 e. The van der Waals surface area contributed by atoms with Crippen molar-refractivity contribution in [3.63, 3.8) is 0 Å². The molecule has 0 aliphatic heterocycles. The third kappa shape index (κ3) is 4.72. The monoisotopic (exact) mass is 393 g/mol. The van der Waals surface area contributed by atoms with Gasteiger partial charge in [0.25, 0.3) is 5.69 Å². The molecule has 1 N–H and O–H groups in total. The van der Waals surface area contributed by atoms with E-state index in [0.29, 0.717) is 16.9 Å². The van der Waals surface area contributed by atoms with Crippen LogP contribution in [0.1, 0.15) is 15.9 Å². The number of carbonyl (C=O) groups excluding carboxylic acids is 1. The van der Waals surface area contributed by atoms with E-state index in [-0.39, 0.29) is 22.9 Å². The van der Waals surface area contributed by atoms with Gasteiger partial charge in [0.15, 0.2) is 11.5 Å². The Morgan fingerprint density at radius 2 is 1.90 bits per heavy atom. The number of pyridine rings is 1. The molecule has 1 heterocycles. The number of hydrogen-bond acceptors (Lipinski definition) is 8. The molecule has 0 aliphatic rings. The Morgan fingerprint density at radius 3 is 2.55 bits per heavy atom. The van der Waals surface area contributed by atoms with Crippen LogP contribution in [0.15, 0.2) is 65.9 Å². The molecule has 0 saturated heterocycles. The van der Waals surface area contributed by atoms with Crippen LogP contribution in [-0.2, 0) is 0 Å². The fraction of sp³-hybridized carbons (Fsp3) is 0.0500. The zero-order valence-electron chi connectivity index (χ0n) is 15.2. The van der Waals surface area contributed by atoms with E-state index in [0.717, 1.165) is 6.07 Å². The SMILES string of the molecule is COc1cc(C=Nc2ccc([N+](=O)[O-])cc2O)ccc1OC(=O)c1ccncc1. The van der Waals surface area contributed by atoms with Crippen molar-refractivity contribution in [2.24, 2.45) is 4.99 Å². The molecule has 29 heavy (non-hydrogen) atoms. The number of phenols is 1. The second-order valence-electron chi connectivity index (χ2n) is 5.72. The van der Waals surface area contributed by atoms with Gasteiger partial charge in [-0.25, -0.2) is 4.79 Å². The summed E-state index contributed by atoms with van der Waals surface area (Å²) in [5, 5.41) is 20.6. The maximum atomic E-state index is 12.2. The van der Waals surface area contributed by atoms with Crippen molar-refractivity contribution in [1.29, 1.82) is 0 Å². The van der Waals surface area contributed by atoms with Gasteiger partial charge in [-0.2, -0.15) is 0 Å². The summed E-state index contributed by atoms with van der Waals surface area (Å²) in [6.07, 6.45) is 4.42. The van der Waals surface area contributed by atoms with Gasteiger partial charge in [0.2, 0.25) is 0 Å². The Labute approximate surface area is 165 Å². The number of rotatable bonds is 6. The van der Waals surface area contributed by atoms with E-state index in [2.05, 4.69) is 9.98 Å². The van der Waals surface area contributed by atoms with E-state index >= 15 is 0 Å². The van der Waals surface area contributed by atoms with E-state index in [9.17, 15) is 20.0 Å². The van der Waals surface area contributed by atoms with Gasteiger partial charge in [-0.3, -0.25) is 20.1 Å². The highest BCUT2D eigenvalue weighted by Gasteiger charge is 2.13. The molecule has 9 heteroatoms. The Kier molecular flexibility index (Phi) is 5.79. The summed E-state index contributed by atoms with van der Waals surface area (Å²) >= 11 is 0. The number of aliphatic imine (C=N–C) groups is 1. The van der Waals surface area contributed by atoms with Gasteiger partial charge >= 0.3 is 5.97 Å². The van der Waals surface area contributed by atoms with Gasteiger partial charge in [-0.05, 0) is 42.0 Å². The van der Waals surface area contributed by atoms with Crippen molar-refractivity contribution < 1.29 is 24.3 Å². The Bertz CT molecular complexity index is 1080. The molecule has 0 saturated carbocycles. The lowest BCUT2D eigenvalue weighted by Gasteiger charge is -2.10. The summed E-state index contributed by atoms with van der Waals surface area (Å²) in [6, 6.07) is 11.5. The first-order valence-corrected chi connectivity index (χ1v) is 8.29. The number of nitrogens with zero attached hydrogens (tertiary/aromatic N) is 3. The average Bonchev–Trinajstić information content (AvgIpc) is 2.74. The van der Waals surface area contributed by atoms with Crippen LogP contribution >= 0.6 is 0 Å². The molecule has 146 valence electrons. The fourth-order valence-corrected chi connectivity index (χ4v) is 2.37. The van der Waals surface area contributed by atoms with Crippen molar-refractivity contribution in [2.75, 3.05) is 7.11 Å². The number of esters is 1. The maximum Gasteiger partial charge on any atom is 0.343 e. The second-order valence-corrected chi connectivity index (χ2v) is 5.72. The summed E-state index contributed by atoms with van der Waals surface area (Å²) < 4.78 is 10.6. The molecule has 0 unspecified atom stereocenters. The number of aromatic nitrogens is 1. The minimum atomic E-state index is -0.607. The lowest BCUT2D eigenvalue weighted by atomic mass is 10.2. The van der Waals surface area contributed by atoms with Crippen molar-refractivity contribution in [2.45, 2.75) is 0 Å². The number of benzene rings is 2. The van der Waals surface area contributed by atoms with E-state index in [1.54, 1.807) is 18.2 Å². The Balaban J connectivity index is 1.79. The normalized spacial score (nSPS) is 10.7. The van der Waals surface area contributed by atoms with E-state index in [1.807, 2.05) is 0 Å². The predicted octanol–water partition coefficient (Wildman–Crippen LogP) is 3.67. The highest BCUT2D eigenvalue weighted by Crippen LogP contribution is 2.31. The molecule has 0 amide bonds. The molecule has 1 aromatic heterocycles. The second kappa shape index (κ2) is 8.61. The van der Waals surface area contributed by atoms with E-state index < -0.39 is 10.9 Å². The average molecular weight is 393 g/mol. The number of phenolic OH excluding ortho intramolecular Hbond substituents is 1. The zero-order valence-corrected chi connectivity index (χ0v) is 15.2. The lowest BCUT2D eigenvalue weighted by molar-refractivity contribution is -0.384. The molecule has 0 bridgehead atoms. The van der Waals surface area contributed by atoms with Crippen molar-refractivity contribution in [1.82, 2.24) is 4.98 Å². The molecule has 0 fully saturated rings. The number of ether oxygens (including phenoxy) is 2. The van der Waals surface area contributed by atoms with Crippen LogP contribution in [0.4, 0.5) is 11.4 Å². The van der Waals surface area contributed by atoms with E-state index in [4.69, 9.17) is 9.47 Å². The molecule has 9 nitrogen and oxygen atoms in total. The maximum absolute atomic E-state index is 12.2. The molecule has 0 spiro atoms. The van der Waals surface area contributed by atoms with Crippen LogP contribution in [0.25, 0.3) is 0 Å². The molecule has 3 aromatic rings. The van der Waals surface area contributed by atoms with Gasteiger partial charge in [0, 0.05) is 24.7 Å². The molecule has 0 atom stereocenters. The Morgan fingerprint density at radius 1 is 1.14 bits per heavy atom.